The van der Waals surface area contributed by atoms with Gasteiger partial charge >= 0.3 is 0 Å². The SMILES string of the molecule is CC(C)C(=O)SCCOP(OCCSC(=O)C(C)C)N(C(C)C)C(C)C. The minimum absolute atomic E-state index is 0.0381. The van der Waals surface area contributed by atoms with E-state index >= 15 is 0 Å². The van der Waals surface area contributed by atoms with Crippen LogP contribution >= 0.6 is 32.0 Å². The lowest BCUT2D eigenvalue weighted by atomic mass is 10.3. The van der Waals surface area contributed by atoms with Crippen LogP contribution in [0.3, 0.4) is 0 Å². The highest BCUT2D eigenvalue weighted by atomic mass is 32.2. The van der Waals surface area contributed by atoms with Gasteiger partial charge in [-0.1, -0.05) is 51.2 Å². The van der Waals surface area contributed by atoms with E-state index in [-0.39, 0.29) is 34.2 Å². The van der Waals surface area contributed by atoms with E-state index in [2.05, 4.69) is 32.4 Å². The van der Waals surface area contributed by atoms with Crippen LogP contribution in [0.1, 0.15) is 55.4 Å². The largest absolute Gasteiger partial charge is 0.321 e. The van der Waals surface area contributed by atoms with Gasteiger partial charge in [0.1, 0.15) is 0 Å². The van der Waals surface area contributed by atoms with Crippen molar-refractivity contribution >= 4 is 42.3 Å². The number of thioether (sulfide) groups is 2. The zero-order valence-electron chi connectivity index (χ0n) is 17.5. The van der Waals surface area contributed by atoms with Gasteiger partial charge < -0.3 is 9.05 Å². The number of hydrogen-bond donors (Lipinski definition) is 0. The predicted molar refractivity (Wildman–Crippen MR) is 116 cm³/mol. The number of nitrogens with zero attached hydrogens (tertiary/aromatic N) is 1. The van der Waals surface area contributed by atoms with Crippen LogP contribution in [0.2, 0.25) is 0 Å². The molecule has 0 aliphatic carbocycles. The summed E-state index contributed by atoms with van der Waals surface area (Å²) >= 11 is 2.63. The molecule has 0 aromatic heterocycles. The van der Waals surface area contributed by atoms with Gasteiger partial charge in [-0.2, -0.15) is 0 Å². The minimum Gasteiger partial charge on any atom is -0.321 e. The molecule has 0 saturated carbocycles. The van der Waals surface area contributed by atoms with Gasteiger partial charge in [0.2, 0.25) is 0 Å². The summed E-state index contributed by atoms with van der Waals surface area (Å²) in [7, 11) is -1.21. The fourth-order valence-corrected chi connectivity index (χ4v) is 5.23. The van der Waals surface area contributed by atoms with Gasteiger partial charge in [0.25, 0.3) is 8.53 Å². The molecule has 0 spiro atoms. The van der Waals surface area contributed by atoms with Gasteiger partial charge in [-0.05, 0) is 27.7 Å². The quantitative estimate of drug-likeness (QED) is 0.297. The van der Waals surface area contributed by atoms with Crippen LogP contribution in [-0.2, 0) is 18.6 Å². The Labute approximate surface area is 169 Å². The third-order valence-electron chi connectivity index (χ3n) is 3.25. The zero-order chi connectivity index (χ0) is 20.3. The first-order chi connectivity index (χ1) is 12.1. The summed E-state index contributed by atoms with van der Waals surface area (Å²) < 4.78 is 14.2. The van der Waals surface area contributed by atoms with Crippen molar-refractivity contribution in [3.05, 3.63) is 0 Å². The zero-order valence-corrected chi connectivity index (χ0v) is 20.0. The molecule has 0 saturated heterocycles. The maximum atomic E-state index is 11.7. The molecule has 0 aliphatic rings. The van der Waals surface area contributed by atoms with Crippen molar-refractivity contribution < 1.29 is 18.6 Å². The summed E-state index contributed by atoms with van der Waals surface area (Å²) in [6, 6.07) is 0.576. The van der Waals surface area contributed by atoms with E-state index in [9.17, 15) is 9.59 Å². The van der Waals surface area contributed by atoms with Crippen molar-refractivity contribution in [2.24, 2.45) is 11.8 Å². The second kappa shape index (κ2) is 14.4. The lowest BCUT2D eigenvalue weighted by Gasteiger charge is -2.35. The van der Waals surface area contributed by atoms with E-state index in [4.69, 9.17) is 9.05 Å². The van der Waals surface area contributed by atoms with E-state index in [1.54, 1.807) is 0 Å². The Morgan fingerprint density at radius 1 is 0.769 bits per heavy atom. The number of rotatable bonds is 13. The fraction of sp³-hybridized carbons (Fsp3) is 0.889. The topological polar surface area (TPSA) is 55.8 Å². The van der Waals surface area contributed by atoms with Gasteiger partial charge in [0.05, 0.1) is 13.2 Å². The Hall–Kier alpha value is 0.350. The lowest BCUT2D eigenvalue weighted by molar-refractivity contribution is -0.114. The first-order valence-electron chi connectivity index (χ1n) is 9.25. The summed E-state index contributed by atoms with van der Waals surface area (Å²) in [4.78, 5) is 23.4. The summed E-state index contributed by atoms with van der Waals surface area (Å²) in [6.07, 6.45) is 0. The van der Waals surface area contributed by atoms with Gasteiger partial charge in [-0.3, -0.25) is 9.59 Å². The molecule has 8 heteroatoms. The Balaban J connectivity index is 4.55. The molecule has 0 heterocycles. The Bertz CT molecular complexity index is 384. The molecule has 0 atom stereocenters. The van der Waals surface area contributed by atoms with Gasteiger partial charge in [-0.15, -0.1) is 0 Å². The number of hydrogen-bond acceptors (Lipinski definition) is 7. The van der Waals surface area contributed by atoms with Crippen molar-refractivity contribution in [1.82, 2.24) is 4.67 Å². The Morgan fingerprint density at radius 2 is 1.12 bits per heavy atom. The molecule has 0 radical (unpaired) electrons. The molecule has 0 amide bonds. The molecule has 0 fully saturated rings. The van der Waals surface area contributed by atoms with Crippen LogP contribution in [0.5, 0.6) is 0 Å². The van der Waals surface area contributed by atoms with Crippen molar-refractivity contribution in [3.63, 3.8) is 0 Å². The molecule has 0 bridgehead atoms. The monoisotopic (exact) mass is 425 g/mol. The van der Waals surface area contributed by atoms with E-state index in [1.807, 2.05) is 27.7 Å². The summed E-state index contributed by atoms with van der Waals surface area (Å²) in [6.45, 7) is 17.1. The summed E-state index contributed by atoms with van der Waals surface area (Å²) in [5, 5.41) is 0.374. The highest BCUT2D eigenvalue weighted by molar-refractivity contribution is 8.13. The molecule has 0 rings (SSSR count). The summed E-state index contributed by atoms with van der Waals surface area (Å²) in [5.41, 5.74) is 0. The average molecular weight is 426 g/mol. The molecule has 26 heavy (non-hydrogen) atoms. The van der Waals surface area contributed by atoms with E-state index < -0.39 is 8.53 Å². The van der Waals surface area contributed by atoms with Crippen LogP contribution in [0, 0.1) is 11.8 Å². The van der Waals surface area contributed by atoms with Crippen LogP contribution in [-0.4, -0.2) is 51.7 Å². The Morgan fingerprint density at radius 3 is 1.38 bits per heavy atom. The van der Waals surface area contributed by atoms with Gasteiger partial charge in [-0.25, -0.2) is 4.67 Å². The third-order valence-corrected chi connectivity index (χ3v) is 7.61. The van der Waals surface area contributed by atoms with Crippen LogP contribution in [0.15, 0.2) is 0 Å². The predicted octanol–water partition coefficient (Wildman–Crippen LogP) is 5.20. The second-order valence-corrected chi connectivity index (χ2v) is 10.8. The van der Waals surface area contributed by atoms with Crippen LogP contribution in [0.4, 0.5) is 0 Å². The lowest BCUT2D eigenvalue weighted by Crippen LogP contribution is -2.34. The van der Waals surface area contributed by atoms with E-state index in [0.29, 0.717) is 24.7 Å². The molecule has 5 nitrogen and oxygen atoms in total. The van der Waals surface area contributed by atoms with Crippen LogP contribution < -0.4 is 0 Å². The normalized spacial score (nSPS) is 12.4. The first kappa shape index (κ1) is 26.4. The fourth-order valence-electron chi connectivity index (χ4n) is 1.99. The highest BCUT2D eigenvalue weighted by Gasteiger charge is 2.27. The van der Waals surface area contributed by atoms with Crippen molar-refractivity contribution in [3.8, 4) is 0 Å². The Kier molecular flexibility index (Phi) is 14.6. The molecule has 154 valence electrons. The number of carbonyl (C=O) groups is 2. The molecular weight excluding hydrogens is 389 g/mol. The molecule has 0 unspecified atom stereocenters. The van der Waals surface area contributed by atoms with Crippen molar-refractivity contribution in [1.29, 1.82) is 0 Å². The van der Waals surface area contributed by atoms with Crippen molar-refractivity contribution in [2.45, 2.75) is 67.5 Å². The smallest absolute Gasteiger partial charge is 0.259 e. The van der Waals surface area contributed by atoms with Gasteiger partial charge in [0.15, 0.2) is 10.2 Å². The molecule has 0 aromatic carbocycles. The average Bonchev–Trinajstić information content (AvgIpc) is 2.53. The summed E-state index contributed by atoms with van der Waals surface area (Å²) in [5.74, 6) is 1.33. The number of carbonyl (C=O) groups excluding carboxylic acids is 2. The first-order valence-corrected chi connectivity index (χ1v) is 12.4. The molecular formula is C18H36NO4PS2. The van der Waals surface area contributed by atoms with Crippen LogP contribution in [0.25, 0.3) is 0 Å². The third kappa shape index (κ3) is 11.3. The van der Waals surface area contributed by atoms with Crippen molar-refractivity contribution in [2.75, 3.05) is 24.7 Å². The second-order valence-electron chi connectivity index (χ2n) is 7.12. The minimum atomic E-state index is -1.21. The molecule has 0 aliphatic heterocycles. The maximum Gasteiger partial charge on any atom is 0.259 e. The molecule has 0 N–H and O–H groups in total. The highest BCUT2D eigenvalue weighted by Crippen LogP contribution is 2.46. The van der Waals surface area contributed by atoms with Gasteiger partial charge in [0, 0.05) is 35.4 Å². The van der Waals surface area contributed by atoms with E-state index in [1.165, 1.54) is 23.5 Å². The molecule has 0 aromatic rings. The maximum absolute atomic E-state index is 11.7. The standard InChI is InChI=1S/C18H36NO4PS2/c1-13(2)17(20)25-11-9-22-24(19(15(5)6)16(7)8)23-10-12-26-18(21)14(3)4/h13-16H,9-12H2,1-8H3. The van der Waals surface area contributed by atoms with E-state index in [0.717, 1.165) is 0 Å².